The lowest BCUT2D eigenvalue weighted by Crippen LogP contribution is -2.39. The van der Waals surface area contributed by atoms with E-state index in [2.05, 4.69) is 31.5 Å². The Morgan fingerprint density at radius 2 is 1.71 bits per heavy atom. The van der Waals surface area contributed by atoms with Gasteiger partial charge in [0, 0.05) is 23.6 Å². The molecule has 1 saturated carbocycles. The van der Waals surface area contributed by atoms with Gasteiger partial charge in [-0.05, 0) is 92.4 Å². The predicted octanol–water partition coefficient (Wildman–Crippen LogP) is 5.67. The molecule has 0 spiro atoms. The van der Waals surface area contributed by atoms with Crippen molar-refractivity contribution in [3.05, 3.63) is 76.2 Å². The van der Waals surface area contributed by atoms with Gasteiger partial charge in [0.15, 0.2) is 0 Å². The molecule has 1 heterocycles. The van der Waals surface area contributed by atoms with Crippen molar-refractivity contribution < 1.29 is 19.1 Å². The third-order valence-electron chi connectivity index (χ3n) is 7.20. The van der Waals surface area contributed by atoms with Crippen molar-refractivity contribution in [2.75, 3.05) is 6.54 Å². The van der Waals surface area contributed by atoms with Gasteiger partial charge in [0.25, 0.3) is 0 Å². The molecule has 1 aliphatic carbocycles. The van der Waals surface area contributed by atoms with E-state index in [0.717, 1.165) is 36.8 Å². The Kier molecular flexibility index (Phi) is 9.86. The first kappa shape index (κ1) is 30.3. The van der Waals surface area contributed by atoms with E-state index in [0.29, 0.717) is 40.6 Å². The second kappa shape index (κ2) is 13.3. The Labute approximate surface area is 249 Å². The molecule has 1 atom stereocenters. The first-order valence-electron chi connectivity index (χ1n) is 14.0. The Balaban J connectivity index is 1.42. The molecule has 0 bridgehead atoms. The van der Waals surface area contributed by atoms with Crippen LogP contribution >= 0.6 is 15.9 Å². The van der Waals surface area contributed by atoms with Gasteiger partial charge in [-0.1, -0.05) is 42.5 Å². The molecular weight excluding hydrogens is 586 g/mol. The van der Waals surface area contributed by atoms with Crippen molar-refractivity contribution in [3.8, 4) is 11.3 Å². The highest BCUT2D eigenvalue weighted by atomic mass is 79.9. The lowest BCUT2D eigenvalue weighted by Gasteiger charge is -2.29. The highest BCUT2D eigenvalue weighted by Gasteiger charge is 2.30. The molecule has 1 aromatic heterocycles. The molecule has 1 fully saturated rings. The van der Waals surface area contributed by atoms with Gasteiger partial charge in [-0.15, -0.1) is 0 Å². The van der Waals surface area contributed by atoms with Crippen molar-refractivity contribution >= 4 is 33.8 Å². The monoisotopic (exact) mass is 623 g/mol. The standard InChI is InChI=1S/C31H38BrN5O4/c1-31(2,3)41-30(40)34-18-20-9-11-23(12-10-20)29(39)35-24(17-19-7-5-4-6-8-19)28-36-25(26(32)37-28)21-13-15-22(16-14-21)27(33)38/h4-8,13-16,20,23-24H,9-12,17-18H2,1-3H3,(H2,33,38)(H,34,40)(H,35,39)(H,36,37)/t20?,23?,24-/m0/s1. The number of ether oxygens (including phenoxy) is 1. The minimum Gasteiger partial charge on any atom is -0.444 e. The highest BCUT2D eigenvalue weighted by Crippen LogP contribution is 2.32. The maximum atomic E-state index is 13.5. The zero-order chi connectivity index (χ0) is 29.6. The molecule has 0 saturated heterocycles. The number of nitrogens with one attached hydrogen (secondary N) is 3. The van der Waals surface area contributed by atoms with Crippen LogP contribution in [0, 0.1) is 11.8 Å². The van der Waals surface area contributed by atoms with Gasteiger partial charge in [-0.2, -0.15) is 0 Å². The fourth-order valence-electron chi connectivity index (χ4n) is 5.04. The van der Waals surface area contributed by atoms with Crippen LogP contribution < -0.4 is 16.4 Å². The molecule has 2 aromatic carbocycles. The SMILES string of the molecule is CC(C)(C)OC(=O)NCC1CCC(C(=O)N[C@@H](Cc2ccccc2)c2nc(-c3ccc(C(N)=O)cc3)c(Br)[nH]2)CC1. The minimum absolute atomic E-state index is 0.00404. The molecule has 9 nitrogen and oxygen atoms in total. The van der Waals surface area contributed by atoms with Gasteiger partial charge in [-0.25, -0.2) is 9.78 Å². The zero-order valence-electron chi connectivity index (χ0n) is 23.7. The lowest BCUT2D eigenvalue weighted by molar-refractivity contribution is -0.127. The third-order valence-corrected chi connectivity index (χ3v) is 7.78. The number of hydrogen-bond acceptors (Lipinski definition) is 5. The predicted molar refractivity (Wildman–Crippen MR) is 161 cm³/mol. The topological polar surface area (TPSA) is 139 Å². The van der Waals surface area contributed by atoms with Crippen LogP contribution in [0.1, 0.15) is 74.2 Å². The first-order chi connectivity index (χ1) is 19.5. The van der Waals surface area contributed by atoms with Gasteiger partial charge >= 0.3 is 6.09 Å². The number of alkyl carbamates (subject to hydrolysis) is 1. The molecule has 10 heteroatoms. The summed E-state index contributed by atoms with van der Waals surface area (Å²) < 4.78 is 6.02. The smallest absolute Gasteiger partial charge is 0.407 e. The van der Waals surface area contributed by atoms with Gasteiger partial charge < -0.3 is 26.1 Å². The van der Waals surface area contributed by atoms with Gasteiger partial charge in [0.2, 0.25) is 11.8 Å². The van der Waals surface area contributed by atoms with Gasteiger partial charge in [0.05, 0.1) is 6.04 Å². The summed E-state index contributed by atoms with van der Waals surface area (Å²) in [6.07, 6.45) is 3.38. The number of aromatic nitrogens is 2. The number of carbonyl (C=O) groups excluding carboxylic acids is 3. The van der Waals surface area contributed by atoms with Crippen molar-refractivity contribution in [2.24, 2.45) is 17.6 Å². The van der Waals surface area contributed by atoms with E-state index in [-0.39, 0.29) is 17.9 Å². The van der Waals surface area contributed by atoms with Crippen LogP contribution in [0.4, 0.5) is 4.79 Å². The number of nitrogens with two attached hydrogens (primary N) is 1. The summed E-state index contributed by atoms with van der Waals surface area (Å²) in [6, 6.07) is 16.5. The second-order valence-electron chi connectivity index (χ2n) is 11.6. The van der Waals surface area contributed by atoms with E-state index in [1.54, 1.807) is 24.3 Å². The molecule has 41 heavy (non-hydrogen) atoms. The van der Waals surface area contributed by atoms with Crippen LogP contribution in [0.15, 0.2) is 59.2 Å². The second-order valence-corrected chi connectivity index (χ2v) is 12.4. The number of rotatable bonds is 9. The molecule has 4 rings (SSSR count). The van der Waals surface area contributed by atoms with Crippen molar-refractivity contribution in [2.45, 2.75) is 64.5 Å². The van der Waals surface area contributed by atoms with Crippen molar-refractivity contribution in [3.63, 3.8) is 0 Å². The van der Waals surface area contributed by atoms with E-state index in [1.165, 1.54) is 0 Å². The number of hydrogen-bond donors (Lipinski definition) is 4. The van der Waals surface area contributed by atoms with E-state index in [1.807, 2.05) is 51.1 Å². The number of aromatic amines is 1. The number of benzene rings is 2. The molecule has 0 radical (unpaired) electrons. The Hall–Kier alpha value is -3.66. The highest BCUT2D eigenvalue weighted by molar-refractivity contribution is 9.10. The van der Waals surface area contributed by atoms with E-state index >= 15 is 0 Å². The Morgan fingerprint density at radius 1 is 1.05 bits per heavy atom. The Morgan fingerprint density at radius 3 is 2.32 bits per heavy atom. The molecular formula is C31H38BrN5O4. The fourth-order valence-corrected chi connectivity index (χ4v) is 5.56. The number of nitrogens with zero attached hydrogens (tertiary/aromatic N) is 1. The summed E-state index contributed by atoms with van der Waals surface area (Å²) >= 11 is 3.58. The molecule has 3 amide bonds. The summed E-state index contributed by atoms with van der Waals surface area (Å²) in [4.78, 5) is 45.1. The fraction of sp³-hybridized carbons (Fsp3) is 0.419. The zero-order valence-corrected chi connectivity index (χ0v) is 25.3. The molecule has 218 valence electrons. The number of primary amides is 1. The van der Waals surface area contributed by atoms with Crippen LogP contribution in [-0.2, 0) is 16.0 Å². The maximum absolute atomic E-state index is 13.5. The van der Waals surface area contributed by atoms with E-state index in [9.17, 15) is 14.4 Å². The van der Waals surface area contributed by atoms with E-state index in [4.69, 9.17) is 15.5 Å². The molecule has 0 unspecified atom stereocenters. The van der Waals surface area contributed by atoms with Gasteiger partial charge in [0.1, 0.15) is 21.7 Å². The summed E-state index contributed by atoms with van der Waals surface area (Å²) in [7, 11) is 0. The number of halogens is 1. The lowest BCUT2D eigenvalue weighted by atomic mass is 9.81. The average molecular weight is 625 g/mol. The quantitative estimate of drug-likeness (QED) is 0.243. The van der Waals surface area contributed by atoms with Crippen LogP contribution in [0.5, 0.6) is 0 Å². The summed E-state index contributed by atoms with van der Waals surface area (Å²) in [6.45, 7) is 6.06. The normalized spacial score (nSPS) is 17.9. The first-order valence-corrected chi connectivity index (χ1v) is 14.7. The van der Waals surface area contributed by atoms with Crippen LogP contribution in [0.25, 0.3) is 11.3 Å². The third kappa shape index (κ3) is 8.66. The minimum atomic E-state index is -0.532. The summed E-state index contributed by atoms with van der Waals surface area (Å²) in [5.41, 5.74) is 7.84. The van der Waals surface area contributed by atoms with Crippen LogP contribution in [0.3, 0.4) is 0 Å². The van der Waals surface area contributed by atoms with Crippen LogP contribution in [0.2, 0.25) is 0 Å². The summed E-state index contributed by atoms with van der Waals surface area (Å²) in [5, 5.41) is 6.12. The number of amides is 3. The number of carbonyl (C=O) groups is 3. The maximum Gasteiger partial charge on any atom is 0.407 e. The molecule has 3 aromatic rings. The van der Waals surface area contributed by atoms with Crippen molar-refractivity contribution in [1.29, 1.82) is 0 Å². The average Bonchev–Trinajstić information content (AvgIpc) is 3.33. The molecule has 5 N–H and O–H groups in total. The number of imidazole rings is 1. The number of H-pyrrole nitrogens is 1. The van der Waals surface area contributed by atoms with E-state index < -0.39 is 17.6 Å². The Bertz CT molecular complexity index is 1340. The molecule has 1 aliphatic rings. The molecule has 0 aliphatic heterocycles. The largest absolute Gasteiger partial charge is 0.444 e. The van der Waals surface area contributed by atoms with Crippen molar-refractivity contribution in [1.82, 2.24) is 20.6 Å². The summed E-state index contributed by atoms with van der Waals surface area (Å²) in [5.74, 6) is 0.362. The van der Waals surface area contributed by atoms with Gasteiger partial charge in [-0.3, -0.25) is 9.59 Å². The van der Waals surface area contributed by atoms with Crippen LogP contribution in [-0.4, -0.2) is 40.0 Å².